The van der Waals surface area contributed by atoms with E-state index < -0.39 is 11.6 Å². The summed E-state index contributed by atoms with van der Waals surface area (Å²) in [7, 11) is 1.92. The van der Waals surface area contributed by atoms with Gasteiger partial charge >= 0.3 is 0 Å². The predicted molar refractivity (Wildman–Crippen MR) is 130 cm³/mol. The first-order valence-electron chi connectivity index (χ1n) is 11.5. The topological polar surface area (TPSA) is 97.4 Å². The van der Waals surface area contributed by atoms with E-state index >= 15 is 0 Å². The third-order valence-electron chi connectivity index (χ3n) is 6.04. The second-order valence-electron chi connectivity index (χ2n) is 8.56. The first-order valence-corrected chi connectivity index (χ1v) is 11.5. The second-order valence-corrected chi connectivity index (χ2v) is 8.56. The van der Waals surface area contributed by atoms with Crippen LogP contribution in [0.1, 0.15) is 23.0 Å². The number of halogens is 2. The molecule has 0 saturated carbocycles. The number of hydrogen-bond donors (Lipinski definition) is 1. The number of aromatic nitrogens is 5. The van der Waals surface area contributed by atoms with Gasteiger partial charge in [-0.3, -0.25) is 5.01 Å². The van der Waals surface area contributed by atoms with E-state index in [9.17, 15) is 8.78 Å². The third-order valence-corrected chi connectivity index (χ3v) is 6.04. The summed E-state index contributed by atoms with van der Waals surface area (Å²) >= 11 is 0. The van der Waals surface area contributed by atoms with Gasteiger partial charge < -0.3 is 18.8 Å². The van der Waals surface area contributed by atoms with Crippen molar-refractivity contribution in [3.8, 4) is 28.4 Å². The van der Waals surface area contributed by atoms with E-state index in [4.69, 9.17) is 9.26 Å². The lowest BCUT2D eigenvalue weighted by atomic mass is 10.1. The van der Waals surface area contributed by atoms with Crippen LogP contribution in [0.2, 0.25) is 0 Å². The van der Waals surface area contributed by atoms with Crippen molar-refractivity contribution in [3.63, 3.8) is 0 Å². The van der Waals surface area contributed by atoms with E-state index in [0.29, 0.717) is 42.5 Å². The number of aryl methyl sites for hydroxylation is 1. The molecule has 0 amide bonds. The number of nitrogens with zero attached hydrogens (tertiary/aromatic N) is 6. The summed E-state index contributed by atoms with van der Waals surface area (Å²) in [6, 6.07) is 13.4. The fourth-order valence-corrected chi connectivity index (χ4v) is 4.02. The molecule has 1 N–H and O–H groups in total. The maximum absolute atomic E-state index is 14.2. The predicted octanol–water partition coefficient (Wildman–Crippen LogP) is 4.67. The number of hydrogen-bond acceptors (Lipinski definition) is 7. The molecular weight excluding hydrogens is 480 g/mol. The highest BCUT2D eigenvalue weighted by Crippen LogP contribution is 2.27. The van der Waals surface area contributed by atoms with Gasteiger partial charge in [0.15, 0.2) is 17.4 Å². The summed E-state index contributed by atoms with van der Waals surface area (Å²) < 4.78 is 41.0. The van der Waals surface area contributed by atoms with Crippen LogP contribution in [-0.4, -0.2) is 35.9 Å². The number of imidazole rings is 2. The van der Waals surface area contributed by atoms with Crippen molar-refractivity contribution in [2.75, 3.05) is 0 Å². The average Bonchev–Trinajstić information content (AvgIpc) is 3.64. The maximum atomic E-state index is 14.2. The Morgan fingerprint density at radius 3 is 2.81 bits per heavy atom. The zero-order valence-electron chi connectivity index (χ0n) is 19.7. The summed E-state index contributed by atoms with van der Waals surface area (Å²) in [6.07, 6.45) is 5.21. The molecule has 0 radical (unpaired) electrons. The van der Waals surface area contributed by atoms with Crippen LogP contribution in [0.25, 0.3) is 22.6 Å². The molecule has 3 aromatic heterocycles. The van der Waals surface area contributed by atoms with Gasteiger partial charge in [-0.15, -0.1) is 0 Å². The number of H-pyrrole nitrogens is 1. The van der Waals surface area contributed by atoms with Crippen molar-refractivity contribution in [2.24, 2.45) is 12.1 Å². The van der Waals surface area contributed by atoms with E-state index in [1.165, 1.54) is 12.1 Å². The molecule has 0 atom stereocenters. The zero-order valence-corrected chi connectivity index (χ0v) is 19.7. The number of aromatic amines is 1. The molecule has 4 heterocycles. The Kier molecular flexibility index (Phi) is 5.72. The van der Waals surface area contributed by atoms with E-state index in [-0.39, 0.29) is 11.4 Å². The number of fused-ring (bicyclic) bond motifs is 1. The highest BCUT2D eigenvalue weighted by molar-refractivity contribution is 5.80. The van der Waals surface area contributed by atoms with Gasteiger partial charge in [0.2, 0.25) is 0 Å². The van der Waals surface area contributed by atoms with Gasteiger partial charge in [0, 0.05) is 31.1 Å². The third kappa shape index (κ3) is 4.58. The Morgan fingerprint density at radius 2 is 2.00 bits per heavy atom. The Bertz CT molecular complexity index is 1590. The Balaban J connectivity index is 1.10. The molecule has 5 aromatic rings. The zero-order chi connectivity index (χ0) is 25.4. The lowest BCUT2D eigenvalue weighted by Crippen LogP contribution is -2.21. The minimum Gasteiger partial charge on any atom is -0.486 e. The van der Waals surface area contributed by atoms with Crippen LogP contribution in [0, 0.1) is 11.6 Å². The van der Waals surface area contributed by atoms with Crippen LogP contribution in [-0.2, 0) is 26.7 Å². The fraction of sp³-hybridized carbons (Fsp3) is 0.154. The highest BCUT2D eigenvalue weighted by Gasteiger charge is 2.21. The number of nitrogens with one attached hydrogen (secondary N) is 1. The van der Waals surface area contributed by atoms with Crippen LogP contribution in [0.4, 0.5) is 8.78 Å². The summed E-state index contributed by atoms with van der Waals surface area (Å²) in [5.41, 5.74) is 2.98. The number of benzene rings is 2. The summed E-state index contributed by atoms with van der Waals surface area (Å²) in [5, 5.41) is 10.3. The molecule has 0 spiro atoms. The standard InChI is InChI=1S/C26H21F2N7O2/c1-34-10-9-29-24(34)15-36-17-7-5-16(6-8-17)21-11-18(37-33-21)13-35-14-23-22(12-30-35)31-26(32-23)19-3-2-4-20(27)25(19)28/h2-12H,13-15H2,1H3,(H,31,32). The van der Waals surface area contributed by atoms with Gasteiger partial charge in [-0.25, -0.2) is 18.7 Å². The Hall–Kier alpha value is -4.80. The summed E-state index contributed by atoms with van der Waals surface area (Å²) in [4.78, 5) is 11.7. The summed E-state index contributed by atoms with van der Waals surface area (Å²) in [5.74, 6) is 0.580. The van der Waals surface area contributed by atoms with E-state index in [2.05, 4.69) is 25.2 Å². The second kappa shape index (κ2) is 9.34. The van der Waals surface area contributed by atoms with Gasteiger partial charge in [-0.1, -0.05) is 11.2 Å². The van der Waals surface area contributed by atoms with Crippen LogP contribution in [0.5, 0.6) is 5.75 Å². The molecule has 2 aromatic carbocycles. The molecule has 1 aliphatic heterocycles. The highest BCUT2D eigenvalue weighted by atomic mass is 19.2. The number of rotatable bonds is 7. The molecule has 186 valence electrons. The largest absolute Gasteiger partial charge is 0.486 e. The lowest BCUT2D eigenvalue weighted by molar-refractivity contribution is 0.229. The SMILES string of the molecule is Cn1ccnc1COc1ccc(-c2cc(CN3Cc4nc(-c5cccc(F)c5F)[nH]c4C=N3)on2)cc1. The van der Waals surface area contributed by atoms with E-state index in [1.807, 2.05) is 48.1 Å². The lowest BCUT2D eigenvalue weighted by Gasteiger charge is -2.19. The minimum atomic E-state index is -0.940. The smallest absolute Gasteiger partial charge is 0.169 e. The molecule has 1 aliphatic rings. The number of ether oxygens (including phenoxy) is 1. The Labute approximate surface area is 210 Å². The van der Waals surface area contributed by atoms with Crippen LogP contribution < -0.4 is 4.74 Å². The molecule has 0 saturated heterocycles. The van der Waals surface area contributed by atoms with Gasteiger partial charge in [-0.05, 0) is 36.4 Å². The van der Waals surface area contributed by atoms with Crippen molar-refractivity contribution in [2.45, 2.75) is 19.7 Å². The average molecular weight is 501 g/mol. The van der Waals surface area contributed by atoms with Crippen LogP contribution in [0.3, 0.4) is 0 Å². The molecule has 0 aliphatic carbocycles. The van der Waals surface area contributed by atoms with E-state index in [0.717, 1.165) is 23.2 Å². The van der Waals surface area contributed by atoms with Crippen molar-refractivity contribution in [3.05, 3.63) is 95.5 Å². The molecule has 6 rings (SSSR count). The monoisotopic (exact) mass is 501 g/mol. The quantitative estimate of drug-likeness (QED) is 0.348. The normalized spacial score (nSPS) is 12.7. The maximum Gasteiger partial charge on any atom is 0.169 e. The van der Waals surface area contributed by atoms with Crippen LogP contribution >= 0.6 is 0 Å². The van der Waals surface area contributed by atoms with Crippen LogP contribution in [0.15, 0.2) is 70.5 Å². The molecule has 37 heavy (non-hydrogen) atoms. The van der Waals surface area contributed by atoms with E-state index in [1.54, 1.807) is 17.4 Å². The summed E-state index contributed by atoms with van der Waals surface area (Å²) in [6.45, 7) is 1.12. The van der Waals surface area contributed by atoms with Crippen molar-refractivity contribution in [1.29, 1.82) is 0 Å². The molecular formula is C26H21F2N7O2. The molecule has 0 unspecified atom stereocenters. The molecule has 9 nitrogen and oxygen atoms in total. The first kappa shape index (κ1) is 22.7. The van der Waals surface area contributed by atoms with Crippen molar-refractivity contribution < 1.29 is 18.0 Å². The fourth-order valence-electron chi connectivity index (χ4n) is 4.02. The first-order chi connectivity index (χ1) is 18.0. The van der Waals surface area contributed by atoms with Crippen molar-refractivity contribution >= 4 is 6.21 Å². The van der Waals surface area contributed by atoms with Gasteiger partial charge in [0.25, 0.3) is 0 Å². The van der Waals surface area contributed by atoms with Gasteiger partial charge in [0.1, 0.15) is 29.7 Å². The van der Waals surface area contributed by atoms with Crippen molar-refractivity contribution in [1.82, 2.24) is 29.7 Å². The molecule has 0 bridgehead atoms. The van der Waals surface area contributed by atoms with Gasteiger partial charge in [-0.2, -0.15) is 5.10 Å². The molecule has 0 fully saturated rings. The molecule has 11 heteroatoms. The Morgan fingerprint density at radius 1 is 1.14 bits per heavy atom. The number of hydrazone groups is 1. The van der Waals surface area contributed by atoms with Gasteiger partial charge in [0.05, 0.1) is 36.3 Å². The minimum absolute atomic E-state index is 0.0716.